The number of carbonyl (C=O) groups is 1. The van der Waals surface area contributed by atoms with E-state index in [1.54, 1.807) is 4.90 Å². The molecule has 1 aliphatic rings. The maximum Gasteiger partial charge on any atom is 0.410 e. The SMILES string of the molecule is CC(C)S(=O)NC1(c2cccc(Cl)c2)CCN(C(=O)OC(C)(C)C)CC1. The molecule has 0 radical (unpaired) electrons. The van der Waals surface area contributed by atoms with Crippen LogP contribution in [0.2, 0.25) is 5.02 Å². The quantitative estimate of drug-likeness (QED) is 0.822. The fraction of sp³-hybridized carbons (Fsp3) is 0.632. The van der Waals surface area contributed by atoms with Crippen molar-refractivity contribution in [3.05, 3.63) is 34.9 Å². The molecular weight excluding hydrogens is 372 g/mol. The van der Waals surface area contributed by atoms with E-state index in [1.807, 2.05) is 58.9 Å². The van der Waals surface area contributed by atoms with Gasteiger partial charge >= 0.3 is 6.09 Å². The van der Waals surface area contributed by atoms with Gasteiger partial charge in [0.1, 0.15) is 5.60 Å². The highest BCUT2D eigenvalue weighted by Gasteiger charge is 2.40. The average molecular weight is 401 g/mol. The fourth-order valence-corrected chi connectivity index (χ4v) is 4.08. The standard InChI is InChI=1S/C19H29ClN2O3S/c1-14(2)26(24)21-19(15-7-6-8-16(20)13-15)9-11-22(12-10-19)17(23)25-18(3,4)5/h6-8,13-14,21H,9-12H2,1-5H3. The van der Waals surface area contributed by atoms with Crippen molar-refractivity contribution in [2.45, 2.75) is 63.9 Å². The molecule has 1 atom stereocenters. The zero-order valence-corrected chi connectivity index (χ0v) is 17.7. The Morgan fingerprint density at radius 1 is 1.31 bits per heavy atom. The number of likely N-dealkylation sites (tertiary alicyclic amines) is 1. The summed E-state index contributed by atoms with van der Waals surface area (Å²) in [6.45, 7) is 10.5. The Kier molecular flexibility index (Phi) is 6.75. The Morgan fingerprint density at radius 2 is 1.92 bits per heavy atom. The van der Waals surface area contributed by atoms with Gasteiger partial charge in [0.05, 0.1) is 16.5 Å². The second kappa shape index (κ2) is 8.28. The largest absolute Gasteiger partial charge is 0.444 e. The number of carbonyl (C=O) groups excluding carboxylic acids is 1. The number of nitrogens with zero attached hydrogens (tertiary/aromatic N) is 1. The summed E-state index contributed by atoms with van der Waals surface area (Å²) in [6, 6.07) is 7.64. The van der Waals surface area contributed by atoms with Gasteiger partial charge in [-0.1, -0.05) is 23.7 Å². The molecule has 1 fully saturated rings. The fourth-order valence-electron chi connectivity index (χ4n) is 2.94. The average Bonchev–Trinajstić information content (AvgIpc) is 2.53. The lowest BCUT2D eigenvalue weighted by atomic mass is 9.82. The first-order chi connectivity index (χ1) is 12.0. The third kappa shape index (κ3) is 5.44. The topological polar surface area (TPSA) is 58.6 Å². The Balaban J connectivity index is 2.20. The van der Waals surface area contributed by atoms with Gasteiger partial charge in [-0.25, -0.2) is 13.7 Å². The van der Waals surface area contributed by atoms with Crippen molar-refractivity contribution in [3.8, 4) is 0 Å². The molecule has 5 nitrogen and oxygen atoms in total. The van der Waals surface area contributed by atoms with E-state index in [4.69, 9.17) is 16.3 Å². The third-order valence-corrected chi connectivity index (χ3v) is 6.05. The smallest absolute Gasteiger partial charge is 0.410 e. The molecule has 1 amide bonds. The minimum Gasteiger partial charge on any atom is -0.444 e. The third-order valence-electron chi connectivity index (χ3n) is 4.37. The van der Waals surface area contributed by atoms with Crippen molar-refractivity contribution < 1.29 is 13.7 Å². The lowest BCUT2D eigenvalue weighted by Gasteiger charge is -2.43. The second-order valence-corrected chi connectivity index (χ2v) is 10.2. The summed E-state index contributed by atoms with van der Waals surface area (Å²) in [4.78, 5) is 14.1. The molecule has 0 bridgehead atoms. The normalized spacial score (nSPS) is 18.7. The van der Waals surface area contributed by atoms with E-state index in [1.165, 1.54) is 0 Å². The van der Waals surface area contributed by atoms with Crippen LogP contribution in [0.15, 0.2) is 24.3 Å². The molecular formula is C19H29ClN2O3S. The molecule has 0 spiro atoms. The van der Waals surface area contributed by atoms with Crippen LogP contribution in [0.3, 0.4) is 0 Å². The Morgan fingerprint density at radius 3 is 2.42 bits per heavy atom. The van der Waals surface area contributed by atoms with Crippen LogP contribution in [0.4, 0.5) is 4.79 Å². The molecule has 1 N–H and O–H groups in total. The summed E-state index contributed by atoms with van der Waals surface area (Å²) in [7, 11) is -1.18. The van der Waals surface area contributed by atoms with Crippen molar-refractivity contribution in [1.82, 2.24) is 9.62 Å². The first-order valence-electron chi connectivity index (χ1n) is 8.95. The summed E-state index contributed by atoms with van der Waals surface area (Å²) in [6.07, 6.45) is 0.984. The van der Waals surface area contributed by atoms with Crippen LogP contribution in [0.5, 0.6) is 0 Å². The molecule has 0 aromatic heterocycles. The lowest BCUT2D eigenvalue weighted by Crippen LogP contribution is -2.54. The molecule has 2 rings (SSSR count). The van der Waals surface area contributed by atoms with Crippen molar-refractivity contribution in [1.29, 1.82) is 0 Å². The maximum atomic E-state index is 12.5. The van der Waals surface area contributed by atoms with Gasteiger partial charge in [0.15, 0.2) is 0 Å². The first kappa shape index (κ1) is 21.2. The van der Waals surface area contributed by atoms with Gasteiger partial charge in [-0.2, -0.15) is 0 Å². The molecule has 0 aliphatic carbocycles. The van der Waals surface area contributed by atoms with E-state index < -0.39 is 22.1 Å². The maximum absolute atomic E-state index is 12.5. The number of ether oxygens (including phenoxy) is 1. The Labute approximate surface area is 164 Å². The van der Waals surface area contributed by atoms with Crippen LogP contribution in [0, 0.1) is 0 Å². The van der Waals surface area contributed by atoms with Gasteiger partial charge in [-0.3, -0.25) is 0 Å². The zero-order chi connectivity index (χ0) is 19.5. The Bertz CT molecular complexity index is 665. The summed E-state index contributed by atoms with van der Waals surface area (Å²) in [5.41, 5.74) is 0.0111. The summed E-state index contributed by atoms with van der Waals surface area (Å²) >= 11 is 6.19. The Hall–Kier alpha value is -1.11. The second-order valence-electron chi connectivity index (χ2n) is 8.01. The number of rotatable bonds is 4. The highest BCUT2D eigenvalue weighted by molar-refractivity contribution is 7.83. The number of nitrogens with one attached hydrogen (secondary N) is 1. The molecule has 1 aromatic carbocycles. The molecule has 1 aromatic rings. The van der Waals surface area contributed by atoms with E-state index >= 15 is 0 Å². The number of piperidine rings is 1. The molecule has 1 heterocycles. The van der Waals surface area contributed by atoms with E-state index in [9.17, 15) is 9.00 Å². The van der Waals surface area contributed by atoms with Gasteiger partial charge in [0.2, 0.25) is 0 Å². The van der Waals surface area contributed by atoms with Crippen molar-refractivity contribution in [3.63, 3.8) is 0 Å². The highest BCUT2D eigenvalue weighted by atomic mass is 35.5. The van der Waals surface area contributed by atoms with E-state index in [-0.39, 0.29) is 11.3 Å². The van der Waals surface area contributed by atoms with Crippen LogP contribution in [-0.2, 0) is 21.3 Å². The molecule has 1 aliphatic heterocycles. The molecule has 146 valence electrons. The molecule has 7 heteroatoms. The van der Waals surface area contributed by atoms with Crippen LogP contribution in [0.1, 0.15) is 53.0 Å². The van der Waals surface area contributed by atoms with Gasteiger partial charge in [-0.15, -0.1) is 0 Å². The molecule has 0 saturated carbocycles. The van der Waals surface area contributed by atoms with E-state index in [0.717, 1.165) is 5.56 Å². The van der Waals surface area contributed by atoms with Crippen LogP contribution < -0.4 is 4.72 Å². The van der Waals surface area contributed by atoms with E-state index in [2.05, 4.69) is 4.72 Å². The predicted octanol–water partition coefficient (Wildman–Crippen LogP) is 4.23. The minimum atomic E-state index is -1.18. The van der Waals surface area contributed by atoms with Crippen LogP contribution >= 0.6 is 11.6 Å². The van der Waals surface area contributed by atoms with Crippen molar-refractivity contribution in [2.24, 2.45) is 0 Å². The summed E-state index contributed by atoms with van der Waals surface area (Å²) in [5.74, 6) is 0. The molecule has 1 unspecified atom stereocenters. The van der Waals surface area contributed by atoms with Gasteiger partial charge < -0.3 is 9.64 Å². The van der Waals surface area contributed by atoms with Gasteiger partial charge in [0.25, 0.3) is 0 Å². The van der Waals surface area contributed by atoms with Crippen molar-refractivity contribution >= 4 is 28.7 Å². The number of hydrogen-bond acceptors (Lipinski definition) is 3. The lowest BCUT2D eigenvalue weighted by molar-refractivity contribution is 0.0158. The van der Waals surface area contributed by atoms with E-state index in [0.29, 0.717) is 31.0 Å². The number of benzene rings is 1. The number of amides is 1. The minimum absolute atomic E-state index is 0.00468. The zero-order valence-electron chi connectivity index (χ0n) is 16.2. The highest BCUT2D eigenvalue weighted by Crippen LogP contribution is 2.35. The van der Waals surface area contributed by atoms with Crippen LogP contribution in [-0.4, -0.2) is 39.1 Å². The predicted molar refractivity (Wildman–Crippen MR) is 107 cm³/mol. The van der Waals surface area contributed by atoms with Crippen molar-refractivity contribution in [2.75, 3.05) is 13.1 Å². The van der Waals surface area contributed by atoms with Gasteiger partial charge in [0, 0.05) is 23.4 Å². The van der Waals surface area contributed by atoms with Crippen LogP contribution in [0.25, 0.3) is 0 Å². The van der Waals surface area contributed by atoms with Gasteiger partial charge in [-0.05, 0) is 65.2 Å². The molecule has 1 saturated heterocycles. The summed E-state index contributed by atoms with van der Waals surface area (Å²) < 4.78 is 21.3. The molecule has 26 heavy (non-hydrogen) atoms. The monoisotopic (exact) mass is 400 g/mol. The summed E-state index contributed by atoms with van der Waals surface area (Å²) in [5, 5.41) is 0.642. The number of hydrogen-bond donors (Lipinski definition) is 1. The number of halogens is 1. The first-order valence-corrected chi connectivity index (χ1v) is 10.5.